The molecule has 2 aromatic carbocycles. The van der Waals surface area contributed by atoms with Crippen molar-refractivity contribution in [2.75, 3.05) is 12.4 Å². The van der Waals surface area contributed by atoms with E-state index in [1.807, 2.05) is 6.92 Å². The highest BCUT2D eigenvalue weighted by molar-refractivity contribution is 14.1. The van der Waals surface area contributed by atoms with Gasteiger partial charge in [0, 0.05) is 20.3 Å². The first-order chi connectivity index (χ1) is 10.0. The summed E-state index contributed by atoms with van der Waals surface area (Å²) in [5.74, 6) is -0.408. The maximum atomic E-state index is 11.8. The lowest BCUT2D eigenvalue weighted by atomic mass is 10.1. The van der Waals surface area contributed by atoms with Gasteiger partial charge in [-0.3, -0.25) is 0 Å². The fraction of sp³-hybridized carbons (Fsp3) is 0.188. The Morgan fingerprint density at radius 1 is 1.24 bits per heavy atom. The van der Waals surface area contributed by atoms with Crippen molar-refractivity contribution >= 4 is 45.8 Å². The average Bonchev–Trinajstić information content (AvgIpc) is 2.48. The highest BCUT2D eigenvalue weighted by Crippen LogP contribution is 2.26. The normalized spacial score (nSPS) is 11.8. The third-order valence-corrected chi connectivity index (χ3v) is 4.08. The van der Waals surface area contributed by atoms with E-state index in [0.717, 1.165) is 5.56 Å². The number of halogens is 2. The highest BCUT2D eigenvalue weighted by Gasteiger charge is 2.15. The van der Waals surface area contributed by atoms with Crippen LogP contribution in [0.15, 0.2) is 42.5 Å². The van der Waals surface area contributed by atoms with Gasteiger partial charge in [0.05, 0.1) is 12.7 Å². The molecule has 2 aromatic rings. The predicted molar refractivity (Wildman–Crippen MR) is 94.0 cm³/mol. The summed E-state index contributed by atoms with van der Waals surface area (Å²) in [5, 5.41) is 3.83. The lowest BCUT2D eigenvalue weighted by Gasteiger charge is -2.18. The van der Waals surface area contributed by atoms with Crippen LogP contribution in [-0.2, 0) is 4.74 Å². The largest absolute Gasteiger partial charge is 0.465 e. The Hall–Kier alpha value is -1.27. The Bertz CT molecular complexity index is 643. The first-order valence-electron chi connectivity index (χ1n) is 6.41. The maximum Gasteiger partial charge on any atom is 0.340 e. The third kappa shape index (κ3) is 4.11. The monoisotopic (exact) mass is 415 g/mol. The van der Waals surface area contributed by atoms with E-state index in [2.05, 4.69) is 52.2 Å². The second-order valence-corrected chi connectivity index (χ2v) is 6.28. The number of nitrogens with one attached hydrogen (secondary N) is 1. The van der Waals surface area contributed by atoms with E-state index in [1.165, 1.54) is 10.7 Å². The smallest absolute Gasteiger partial charge is 0.340 e. The van der Waals surface area contributed by atoms with Gasteiger partial charge < -0.3 is 10.1 Å². The molecule has 0 heterocycles. The van der Waals surface area contributed by atoms with Gasteiger partial charge in [0.1, 0.15) is 0 Å². The molecule has 0 spiro atoms. The van der Waals surface area contributed by atoms with Crippen molar-refractivity contribution in [1.29, 1.82) is 0 Å². The first kappa shape index (κ1) is 16.1. The summed E-state index contributed by atoms with van der Waals surface area (Å²) in [6, 6.07) is 13.4. The SMILES string of the molecule is COC(=O)c1cc(Cl)ccc1NC(C)c1ccc(I)cc1. The second kappa shape index (κ2) is 7.13. The van der Waals surface area contributed by atoms with Gasteiger partial charge in [-0.2, -0.15) is 0 Å². The van der Waals surface area contributed by atoms with E-state index in [4.69, 9.17) is 16.3 Å². The van der Waals surface area contributed by atoms with Crippen LogP contribution in [0.2, 0.25) is 5.02 Å². The van der Waals surface area contributed by atoms with Crippen LogP contribution in [0.25, 0.3) is 0 Å². The van der Waals surface area contributed by atoms with E-state index >= 15 is 0 Å². The number of anilines is 1. The quantitative estimate of drug-likeness (QED) is 0.570. The fourth-order valence-corrected chi connectivity index (χ4v) is 2.52. The number of carbonyl (C=O) groups excluding carboxylic acids is 1. The molecule has 5 heteroatoms. The van der Waals surface area contributed by atoms with E-state index in [-0.39, 0.29) is 6.04 Å². The van der Waals surface area contributed by atoms with Crippen molar-refractivity contribution in [3.63, 3.8) is 0 Å². The average molecular weight is 416 g/mol. The molecule has 0 aromatic heterocycles. The molecular formula is C16H15ClINO2. The number of ether oxygens (including phenoxy) is 1. The molecule has 0 amide bonds. The van der Waals surface area contributed by atoms with Gasteiger partial charge >= 0.3 is 5.97 Å². The molecule has 0 aliphatic rings. The van der Waals surface area contributed by atoms with E-state index in [1.54, 1.807) is 18.2 Å². The predicted octanol–water partition coefficient (Wildman–Crippen LogP) is 4.90. The molecule has 1 atom stereocenters. The molecule has 2 rings (SSSR count). The Labute approximate surface area is 142 Å². The Balaban J connectivity index is 2.26. The zero-order chi connectivity index (χ0) is 15.4. The van der Waals surface area contributed by atoms with Crippen molar-refractivity contribution in [2.45, 2.75) is 13.0 Å². The van der Waals surface area contributed by atoms with Crippen LogP contribution in [0.3, 0.4) is 0 Å². The standard InChI is InChI=1S/C16H15ClINO2/c1-10(11-3-6-13(18)7-4-11)19-15-8-5-12(17)9-14(15)16(20)21-2/h3-10,19H,1-2H3. The molecule has 0 bridgehead atoms. The summed E-state index contributed by atoms with van der Waals surface area (Å²) in [6.45, 7) is 2.04. The van der Waals surface area contributed by atoms with Crippen LogP contribution in [0.4, 0.5) is 5.69 Å². The highest BCUT2D eigenvalue weighted by atomic mass is 127. The summed E-state index contributed by atoms with van der Waals surface area (Å²) in [5.41, 5.74) is 2.28. The summed E-state index contributed by atoms with van der Waals surface area (Å²) in [4.78, 5) is 11.8. The zero-order valence-corrected chi connectivity index (χ0v) is 14.6. The van der Waals surface area contributed by atoms with Gasteiger partial charge in [-0.25, -0.2) is 4.79 Å². The minimum absolute atomic E-state index is 0.0616. The van der Waals surface area contributed by atoms with Gasteiger partial charge in [0.25, 0.3) is 0 Å². The fourth-order valence-electron chi connectivity index (χ4n) is 1.99. The maximum absolute atomic E-state index is 11.8. The number of carbonyl (C=O) groups is 1. The van der Waals surface area contributed by atoms with Crippen molar-refractivity contribution in [3.8, 4) is 0 Å². The first-order valence-corrected chi connectivity index (χ1v) is 7.87. The molecule has 3 nitrogen and oxygen atoms in total. The van der Waals surface area contributed by atoms with Crippen molar-refractivity contribution in [1.82, 2.24) is 0 Å². The summed E-state index contributed by atoms with van der Waals surface area (Å²) >= 11 is 8.22. The van der Waals surface area contributed by atoms with E-state index in [0.29, 0.717) is 16.3 Å². The summed E-state index contributed by atoms with van der Waals surface area (Å²) in [7, 11) is 1.36. The van der Waals surface area contributed by atoms with Gasteiger partial charge in [-0.05, 0) is 65.4 Å². The number of methoxy groups -OCH3 is 1. The van der Waals surface area contributed by atoms with Crippen LogP contribution >= 0.6 is 34.2 Å². The molecule has 0 radical (unpaired) electrons. The molecule has 110 valence electrons. The van der Waals surface area contributed by atoms with Crippen molar-refractivity contribution in [2.24, 2.45) is 0 Å². The lowest BCUT2D eigenvalue weighted by Crippen LogP contribution is -2.11. The second-order valence-electron chi connectivity index (χ2n) is 4.60. The Morgan fingerprint density at radius 2 is 1.90 bits per heavy atom. The third-order valence-electron chi connectivity index (χ3n) is 3.13. The number of benzene rings is 2. The van der Waals surface area contributed by atoms with Crippen LogP contribution < -0.4 is 5.32 Å². The lowest BCUT2D eigenvalue weighted by molar-refractivity contribution is 0.0602. The van der Waals surface area contributed by atoms with Crippen LogP contribution in [0.1, 0.15) is 28.9 Å². The minimum atomic E-state index is -0.408. The van der Waals surface area contributed by atoms with E-state index in [9.17, 15) is 4.79 Å². The van der Waals surface area contributed by atoms with Crippen LogP contribution in [-0.4, -0.2) is 13.1 Å². The van der Waals surface area contributed by atoms with Crippen LogP contribution in [0.5, 0.6) is 0 Å². The van der Waals surface area contributed by atoms with Gasteiger partial charge in [0.15, 0.2) is 0 Å². The zero-order valence-electron chi connectivity index (χ0n) is 11.7. The van der Waals surface area contributed by atoms with Gasteiger partial charge in [0.2, 0.25) is 0 Å². The number of esters is 1. The molecule has 0 fully saturated rings. The van der Waals surface area contributed by atoms with E-state index < -0.39 is 5.97 Å². The Morgan fingerprint density at radius 3 is 2.52 bits per heavy atom. The minimum Gasteiger partial charge on any atom is -0.465 e. The number of rotatable bonds is 4. The molecule has 0 saturated heterocycles. The molecule has 1 N–H and O–H groups in total. The number of hydrogen-bond donors (Lipinski definition) is 1. The van der Waals surface area contributed by atoms with Gasteiger partial charge in [-0.1, -0.05) is 23.7 Å². The molecule has 1 unspecified atom stereocenters. The topological polar surface area (TPSA) is 38.3 Å². The number of hydrogen-bond acceptors (Lipinski definition) is 3. The molecule has 0 aliphatic carbocycles. The molecule has 0 aliphatic heterocycles. The van der Waals surface area contributed by atoms with Crippen molar-refractivity contribution < 1.29 is 9.53 Å². The molecular weight excluding hydrogens is 401 g/mol. The Kier molecular flexibility index (Phi) is 5.47. The molecule has 0 saturated carbocycles. The summed E-state index contributed by atoms with van der Waals surface area (Å²) < 4.78 is 5.98. The van der Waals surface area contributed by atoms with Crippen molar-refractivity contribution in [3.05, 3.63) is 62.2 Å². The summed E-state index contributed by atoms with van der Waals surface area (Å²) in [6.07, 6.45) is 0. The van der Waals surface area contributed by atoms with Gasteiger partial charge in [-0.15, -0.1) is 0 Å². The molecule has 21 heavy (non-hydrogen) atoms. The van der Waals surface area contributed by atoms with Crippen LogP contribution in [0, 0.1) is 3.57 Å².